The summed E-state index contributed by atoms with van der Waals surface area (Å²) >= 11 is 0. The number of carbonyl (C=O) groups excluding carboxylic acids is 2. The zero-order valence-electron chi connectivity index (χ0n) is 12.4. The maximum atomic E-state index is 11.8. The van der Waals surface area contributed by atoms with Crippen molar-refractivity contribution in [1.82, 2.24) is 9.88 Å². The van der Waals surface area contributed by atoms with Gasteiger partial charge in [0.2, 0.25) is 11.8 Å². The van der Waals surface area contributed by atoms with Gasteiger partial charge in [-0.2, -0.15) is 4.98 Å². The monoisotopic (exact) mass is 292 g/mol. The molecule has 2 heterocycles. The van der Waals surface area contributed by atoms with E-state index in [9.17, 15) is 9.59 Å². The fourth-order valence-corrected chi connectivity index (χ4v) is 1.94. The van der Waals surface area contributed by atoms with Crippen molar-refractivity contribution in [3.8, 4) is 5.88 Å². The zero-order chi connectivity index (χ0) is 15.6. The van der Waals surface area contributed by atoms with Crippen LogP contribution in [0.15, 0.2) is 12.1 Å². The van der Waals surface area contributed by atoms with Crippen molar-refractivity contribution >= 4 is 23.3 Å². The minimum atomic E-state index is -0.587. The first-order valence-electron chi connectivity index (χ1n) is 6.84. The van der Waals surface area contributed by atoms with Crippen LogP contribution in [0.25, 0.3) is 0 Å². The Morgan fingerprint density at radius 1 is 1.48 bits per heavy atom. The second-order valence-electron chi connectivity index (χ2n) is 5.49. The van der Waals surface area contributed by atoms with Gasteiger partial charge in [0.25, 0.3) is 5.91 Å². The van der Waals surface area contributed by atoms with Crippen molar-refractivity contribution in [1.29, 1.82) is 0 Å². The summed E-state index contributed by atoms with van der Waals surface area (Å²) in [6.45, 7) is 4.55. The van der Waals surface area contributed by atoms with Gasteiger partial charge in [0.15, 0.2) is 0 Å². The van der Waals surface area contributed by atoms with Gasteiger partial charge < -0.3 is 15.8 Å². The quantitative estimate of drug-likeness (QED) is 0.781. The molecule has 1 aromatic rings. The Hall–Kier alpha value is -2.31. The second-order valence-corrected chi connectivity index (χ2v) is 5.49. The van der Waals surface area contributed by atoms with Crippen LogP contribution in [0.4, 0.5) is 11.5 Å². The summed E-state index contributed by atoms with van der Waals surface area (Å²) in [7, 11) is 1.47. The Labute approximate surface area is 123 Å². The van der Waals surface area contributed by atoms with Crippen LogP contribution in [0.5, 0.6) is 5.88 Å². The molecule has 1 fully saturated rings. The molecule has 1 aliphatic rings. The van der Waals surface area contributed by atoms with E-state index < -0.39 is 6.04 Å². The summed E-state index contributed by atoms with van der Waals surface area (Å²) in [5.74, 6) is 0.682. The van der Waals surface area contributed by atoms with Crippen LogP contribution in [0, 0.1) is 5.92 Å². The van der Waals surface area contributed by atoms with Crippen LogP contribution >= 0.6 is 0 Å². The fraction of sp³-hybridized carbons (Fsp3) is 0.500. The van der Waals surface area contributed by atoms with E-state index in [-0.39, 0.29) is 18.2 Å². The Bertz CT molecular complexity index is 559. The first kappa shape index (κ1) is 15.1. The Balaban J connectivity index is 2.09. The number of nitrogens with two attached hydrogens (primary N) is 1. The average molecular weight is 292 g/mol. The van der Waals surface area contributed by atoms with Crippen LogP contribution in [0.1, 0.15) is 20.3 Å². The molecular formula is C14H20N4O3. The van der Waals surface area contributed by atoms with Crippen molar-refractivity contribution in [2.75, 3.05) is 24.7 Å². The second kappa shape index (κ2) is 5.99. The Kier molecular flexibility index (Phi) is 4.30. The van der Waals surface area contributed by atoms with Gasteiger partial charge in [-0.3, -0.25) is 14.5 Å². The van der Waals surface area contributed by atoms with E-state index in [1.54, 1.807) is 12.1 Å². The summed E-state index contributed by atoms with van der Waals surface area (Å²) in [5, 5.41) is 2.95. The number of ether oxygens (including phenoxy) is 1. The number of nitrogen functional groups attached to an aromatic ring is 1. The molecule has 2 rings (SSSR count). The minimum absolute atomic E-state index is 0.129. The molecule has 0 saturated carbocycles. The molecule has 0 radical (unpaired) electrons. The van der Waals surface area contributed by atoms with E-state index >= 15 is 0 Å². The molecule has 0 bridgehead atoms. The molecule has 1 atom stereocenters. The predicted molar refractivity (Wildman–Crippen MR) is 78.8 cm³/mol. The lowest BCUT2D eigenvalue weighted by molar-refractivity contribution is -0.136. The number of pyridine rings is 1. The fourth-order valence-electron chi connectivity index (χ4n) is 1.94. The van der Waals surface area contributed by atoms with E-state index in [1.807, 2.05) is 13.8 Å². The van der Waals surface area contributed by atoms with Crippen molar-refractivity contribution < 1.29 is 14.3 Å². The van der Waals surface area contributed by atoms with E-state index in [0.29, 0.717) is 29.9 Å². The van der Waals surface area contributed by atoms with Gasteiger partial charge in [-0.25, -0.2) is 0 Å². The van der Waals surface area contributed by atoms with Crippen molar-refractivity contribution in [2.24, 2.45) is 5.92 Å². The highest BCUT2D eigenvalue weighted by atomic mass is 16.5. The number of hydrogen-bond acceptors (Lipinski definition) is 6. The molecular weight excluding hydrogens is 272 g/mol. The van der Waals surface area contributed by atoms with Gasteiger partial charge in [0.1, 0.15) is 11.9 Å². The minimum Gasteiger partial charge on any atom is -0.476 e. The van der Waals surface area contributed by atoms with Crippen LogP contribution < -0.4 is 15.8 Å². The number of rotatable bonds is 5. The summed E-state index contributed by atoms with van der Waals surface area (Å²) in [6, 6.07) is 2.74. The molecule has 1 unspecified atom stereocenters. The Morgan fingerprint density at radius 2 is 2.19 bits per heavy atom. The third-order valence-electron chi connectivity index (χ3n) is 3.15. The maximum absolute atomic E-state index is 11.8. The first-order chi connectivity index (χ1) is 9.88. The topological polar surface area (TPSA) is 97.5 Å². The standard InChI is InChI=1S/C14H20N4O3/c1-8(2)7-21-13-9(15)4-5-11(17-13)16-10-6-12(19)18(3)14(10)20/h4-5,8,10H,6-7,15H2,1-3H3,(H,16,17). The van der Waals surface area contributed by atoms with Gasteiger partial charge in [0, 0.05) is 7.05 Å². The summed E-state index contributed by atoms with van der Waals surface area (Å²) in [5.41, 5.74) is 6.25. The molecule has 0 spiro atoms. The lowest BCUT2D eigenvalue weighted by atomic mass is 10.2. The molecule has 0 aromatic carbocycles. The number of imide groups is 1. The highest BCUT2D eigenvalue weighted by Crippen LogP contribution is 2.23. The number of carbonyl (C=O) groups is 2. The van der Waals surface area contributed by atoms with Crippen molar-refractivity contribution in [2.45, 2.75) is 26.3 Å². The molecule has 1 aliphatic heterocycles. The molecule has 114 valence electrons. The number of nitrogens with zero attached hydrogens (tertiary/aromatic N) is 2. The highest BCUT2D eigenvalue weighted by molar-refractivity contribution is 6.06. The number of nitrogens with one attached hydrogen (secondary N) is 1. The molecule has 21 heavy (non-hydrogen) atoms. The average Bonchev–Trinajstić information content (AvgIpc) is 2.67. The van der Waals surface area contributed by atoms with Gasteiger partial charge in [-0.1, -0.05) is 13.8 Å². The smallest absolute Gasteiger partial charge is 0.251 e. The highest BCUT2D eigenvalue weighted by Gasteiger charge is 2.36. The normalized spacial score (nSPS) is 18.5. The van der Waals surface area contributed by atoms with Gasteiger partial charge >= 0.3 is 0 Å². The molecule has 0 aliphatic carbocycles. The van der Waals surface area contributed by atoms with E-state index in [4.69, 9.17) is 10.5 Å². The molecule has 7 heteroatoms. The van der Waals surface area contributed by atoms with Crippen LogP contribution in [0.2, 0.25) is 0 Å². The van der Waals surface area contributed by atoms with Crippen LogP contribution in [-0.4, -0.2) is 41.4 Å². The first-order valence-corrected chi connectivity index (χ1v) is 6.84. The lowest BCUT2D eigenvalue weighted by Crippen LogP contribution is -2.32. The van der Waals surface area contributed by atoms with E-state index in [1.165, 1.54) is 7.05 Å². The largest absolute Gasteiger partial charge is 0.476 e. The van der Waals surface area contributed by atoms with E-state index in [2.05, 4.69) is 10.3 Å². The van der Waals surface area contributed by atoms with Gasteiger partial charge in [-0.15, -0.1) is 0 Å². The number of hydrogen-bond donors (Lipinski definition) is 2. The summed E-state index contributed by atoms with van der Waals surface area (Å²) in [6.07, 6.45) is 0.129. The van der Waals surface area contributed by atoms with E-state index in [0.717, 1.165) is 4.90 Å². The number of likely N-dealkylation sites (N-methyl/N-ethyl adjacent to an activating group) is 1. The number of amides is 2. The maximum Gasteiger partial charge on any atom is 0.251 e. The predicted octanol–water partition coefficient (Wildman–Crippen LogP) is 0.868. The summed E-state index contributed by atoms with van der Waals surface area (Å²) in [4.78, 5) is 28.7. The Morgan fingerprint density at radius 3 is 2.76 bits per heavy atom. The van der Waals surface area contributed by atoms with Crippen LogP contribution in [-0.2, 0) is 9.59 Å². The molecule has 3 N–H and O–H groups in total. The van der Waals surface area contributed by atoms with Gasteiger partial charge in [0.05, 0.1) is 18.7 Å². The van der Waals surface area contributed by atoms with Crippen molar-refractivity contribution in [3.63, 3.8) is 0 Å². The molecule has 2 amide bonds. The van der Waals surface area contributed by atoms with Gasteiger partial charge in [-0.05, 0) is 18.1 Å². The number of anilines is 2. The lowest BCUT2D eigenvalue weighted by Gasteiger charge is -2.14. The number of likely N-dealkylation sites (tertiary alicyclic amines) is 1. The molecule has 1 aromatic heterocycles. The van der Waals surface area contributed by atoms with Crippen molar-refractivity contribution in [3.05, 3.63) is 12.1 Å². The zero-order valence-corrected chi connectivity index (χ0v) is 12.4. The molecule has 1 saturated heterocycles. The van der Waals surface area contributed by atoms with Crippen LogP contribution in [0.3, 0.4) is 0 Å². The summed E-state index contributed by atoms with van der Waals surface area (Å²) < 4.78 is 5.53. The molecule has 7 nitrogen and oxygen atoms in total. The third kappa shape index (κ3) is 3.42. The third-order valence-corrected chi connectivity index (χ3v) is 3.15. The number of aromatic nitrogens is 1. The SMILES string of the molecule is CC(C)COc1nc(NC2CC(=O)N(C)C2=O)ccc1N.